The molecule has 0 spiro atoms. The molecule has 0 amide bonds. The number of rotatable bonds is 6. The van der Waals surface area contributed by atoms with E-state index < -0.39 is 0 Å². The van der Waals surface area contributed by atoms with Crippen LogP contribution in [-0.4, -0.2) is 33.3 Å². The zero-order valence-corrected chi connectivity index (χ0v) is 13.4. The first kappa shape index (κ1) is 15.5. The molecule has 0 aliphatic heterocycles. The van der Waals surface area contributed by atoms with Crippen LogP contribution < -0.4 is 5.73 Å². The Kier molecular flexibility index (Phi) is 5.22. The predicted molar refractivity (Wildman–Crippen MR) is 83.6 cm³/mol. The van der Waals surface area contributed by atoms with Crippen LogP contribution in [0.15, 0.2) is 6.07 Å². The van der Waals surface area contributed by atoms with Gasteiger partial charge in [-0.25, -0.2) is 0 Å². The normalized spacial score (nSPS) is 18.6. The summed E-state index contributed by atoms with van der Waals surface area (Å²) in [5, 5.41) is 4.57. The maximum Gasteiger partial charge on any atom is 0.0597 e. The topological polar surface area (TPSA) is 47.1 Å². The van der Waals surface area contributed by atoms with Crippen LogP contribution in [0.5, 0.6) is 0 Å². The molecule has 1 aromatic rings. The van der Waals surface area contributed by atoms with E-state index in [0.29, 0.717) is 0 Å². The number of aromatic nitrogens is 2. The standard InChI is InChI=1S/C16H30N4/c1-4-19(16(13-17)9-7-6-8-10-16)12-15-11-14(3)18-20(15)5-2/h11H,4-10,12-13,17H2,1-3H3. The van der Waals surface area contributed by atoms with Crippen molar-refractivity contribution in [2.75, 3.05) is 13.1 Å². The highest BCUT2D eigenvalue weighted by molar-refractivity contribution is 5.10. The molecule has 1 aliphatic rings. The second-order valence-corrected chi connectivity index (χ2v) is 6.10. The average molecular weight is 278 g/mol. The Balaban J connectivity index is 2.18. The molecule has 0 bridgehead atoms. The Morgan fingerprint density at radius 2 is 2.00 bits per heavy atom. The van der Waals surface area contributed by atoms with Crippen molar-refractivity contribution in [3.8, 4) is 0 Å². The lowest BCUT2D eigenvalue weighted by molar-refractivity contribution is 0.0523. The quantitative estimate of drug-likeness (QED) is 0.870. The summed E-state index contributed by atoms with van der Waals surface area (Å²) in [4.78, 5) is 2.59. The van der Waals surface area contributed by atoms with Gasteiger partial charge in [0.1, 0.15) is 0 Å². The van der Waals surface area contributed by atoms with Gasteiger partial charge in [-0.2, -0.15) is 5.10 Å². The van der Waals surface area contributed by atoms with Crippen molar-refractivity contribution in [3.63, 3.8) is 0 Å². The third kappa shape index (κ3) is 3.07. The zero-order chi connectivity index (χ0) is 14.6. The summed E-state index contributed by atoms with van der Waals surface area (Å²) in [6.07, 6.45) is 6.50. The van der Waals surface area contributed by atoms with Crippen LogP contribution in [0.1, 0.15) is 57.3 Å². The van der Waals surface area contributed by atoms with E-state index in [-0.39, 0.29) is 5.54 Å². The first-order chi connectivity index (χ1) is 9.65. The number of aryl methyl sites for hydroxylation is 2. The van der Waals surface area contributed by atoms with Crippen molar-refractivity contribution in [2.45, 2.75) is 71.5 Å². The summed E-state index contributed by atoms with van der Waals surface area (Å²) in [6, 6.07) is 2.22. The molecule has 4 heteroatoms. The van der Waals surface area contributed by atoms with Crippen molar-refractivity contribution in [1.29, 1.82) is 0 Å². The van der Waals surface area contributed by atoms with Crippen LogP contribution in [0.2, 0.25) is 0 Å². The van der Waals surface area contributed by atoms with Crippen molar-refractivity contribution >= 4 is 0 Å². The molecule has 1 aromatic heterocycles. The lowest BCUT2D eigenvalue weighted by Crippen LogP contribution is -2.54. The van der Waals surface area contributed by atoms with E-state index in [2.05, 4.69) is 41.5 Å². The molecule has 1 aliphatic carbocycles. The SMILES string of the molecule is CCN(Cc1cc(C)nn1CC)C1(CN)CCCCC1. The molecular weight excluding hydrogens is 248 g/mol. The Labute approximate surface area is 123 Å². The largest absolute Gasteiger partial charge is 0.329 e. The number of hydrogen-bond acceptors (Lipinski definition) is 3. The second-order valence-electron chi connectivity index (χ2n) is 6.10. The van der Waals surface area contributed by atoms with E-state index in [1.54, 1.807) is 0 Å². The van der Waals surface area contributed by atoms with Crippen LogP contribution in [0.3, 0.4) is 0 Å². The highest BCUT2D eigenvalue weighted by Crippen LogP contribution is 2.33. The highest BCUT2D eigenvalue weighted by Gasteiger charge is 2.36. The molecular formula is C16H30N4. The monoisotopic (exact) mass is 278 g/mol. The summed E-state index contributed by atoms with van der Waals surface area (Å²) < 4.78 is 2.13. The van der Waals surface area contributed by atoms with E-state index in [4.69, 9.17) is 5.73 Å². The predicted octanol–water partition coefficient (Wildman–Crippen LogP) is 2.69. The Bertz CT molecular complexity index is 418. The second kappa shape index (κ2) is 6.72. The summed E-state index contributed by atoms with van der Waals surface area (Å²) in [5.74, 6) is 0. The van der Waals surface area contributed by atoms with Gasteiger partial charge in [0, 0.05) is 25.2 Å². The highest BCUT2D eigenvalue weighted by atomic mass is 15.3. The molecule has 0 saturated heterocycles. The molecule has 1 heterocycles. The molecule has 0 radical (unpaired) electrons. The lowest BCUT2D eigenvalue weighted by atomic mass is 9.80. The molecule has 2 rings (SSSR count). The minimum atomic E-state index is 0.212. The Morgan fingerprint density at radius 1 is 1.30 bits per heavy atom. The molecule has 0 unspecified atom stereocenters. The summed E-state index contributed by atoms with van der Waals surface area (Å²) in [6.45, 7) is 10.2. The Morgan fingerprint density at radius 3 is 2.55 bits per heavy atom. The fourth-order valence-corrected chi connectivity index (χ4v) is 3.67. The minimum absolute atomic E-state index is 0.212. The molecule has 0 aromatic carbocycles. The molecule has 1 saturated carbocycles. The van der Waals surface area contributed by atoms with E-state index in [1.165, 1.54) is 37.8 Å². The van der Waals surface area contributed by atoms with Gasteiger partial charge in [0.15, 0.2) is 0 Å². The van der Waals surface area contributed by atoms with E-state index >= 15 is 0 Å². The zero-order valence-electron chi connectivity index (χ0n) is 13.4. The third-order valence-corrected chi connectivity index (χ3v) is 4.85. The van der Waals surface area contributed by atoms with Crippen molar-refractivity contribution in [3.05, 3.63) is 17.5 Å². The van der Waals surface area contributed by atoms with E-state index in [0.717, 1.165) is 31.9 Å². The van der Waals surface area contributed by atoms with Crippen molar-refractivity contribution in [2.24, 2.45) is 5.73 Å². The number of nitrogens with two attached hydrogens (primary N) is 1. The number of likely N-dealkylation sites (N-methyl/N-ethyl adjacent to an activating group) is 1. The number of hydrogen-bond donors (Lipinski definition) is 1. The third-order valence-electron chi connectivity index (χ3n) is 4.85. The van der Waals surface area contributed by atoms with Crippen LogP contribution in [-0.2, 0) is 13.1 Å². The lowest BCUT2D eigenvalue weighted by Gasteiger charge is -2.45. The average Bonchev–Trinajstić information content (AvgIpc) is 2.85. The summed E-state index contributed by atoms with van der Waals surface area (Å²) in [5.41, 5.74) is 8.83. The fourth-order valence-electron chi connectivity index (χ4n) is 3.67. The van der Waals surface area contributed by atoms with Gasteiger partial charge < -0.3 is 5.73 Å². The van der Waals surface area contributed by atoms with Gasteiger partial charge in [-0.05, 0) is 39.3 Å². The fraction of sp³-hybridized carbons (Fsp3) is 0.812. The van der Waals surface area contributed by atoms with Crippen molar-refractivity contribution in [1.82, 2.24) is 14.7 Å². The van der Waals surface area contributed by atoms with Crippen molar-refractivity contribution < 1.29 is 0 Å². The van der Waals surface area contributed by atoms with Gasteiger partial charge in [-0.3, -0.25) is 9.58 Å². The van der Waals surface area contributed by atoms with Crippen LogP contribution in [0.4, 0.5) is 0 Å². The molecule has 4 nitrogen and oxygen atoms in total. The first-order valence-corrected chi connectivity index (χ1v) is 8.13. The van der Waals surface area contributed by atoms with Gasteiger partial charge in [-0.15, -0.1) is 0 Å². The maximum atomic E-state index is 6.18. The smallest absolute Gasteiger partial charge is 0.0597 e. The molecule has 0 atom stereocenters. The van der Waals surface area contributed by atoms with E-state index in [1.807, 2.05) is 0 Å². The Hall–Kier alpha value is -0.870. The van der Waals surface area contributed by atoms with Crippen LogP contribution >= 0.6 is 0 Å². The van der Waals surface area contributed by atoms with Gasteiger partial charge in [-0.1, -0.05) is 26.2 Å². The van der Waals surface area contributed by atoms with Gasteiger partial charge in [0.2, 0.25) is 0 Å². The summed E-state index contributed by atoms with van der Waals surface area (Å²) in [7, 11) is 0. The van der Waals surface area contributed by atoms with Gasteiger partial charge in [0.25, 0.3) is 0 Å². The molecule has 1 fully saturated rings. The van der Waals surface area contributed by atoms with Crippen LogP contribution in [0, 0.1) is 6.92 Å². The van der Waals surface area contributed by atoms with Gasteiger partial charge >= 0.3 is 0 Å². The molecule has 20 heavy (non-hydrogen) atoms. The molecule has 114 valence electrons. The van der Waals surface area contributed by atoms with Gasteiger partial charge in [0.05, 0.1) is 11.4 Å². The number of nitrogens with zero attached hydrogens (tertiary/aromatic N) is 3. The first-order valence-electron chi connectivity index (χ1n) is 8.13. The molecule has 2 N–H and O–H groups in total. The summed E-state index contributed by atoms with van der Waals surface area (Å²) >= 11 is 0. The minimum Gasteiger partial charge on any atom is -0.329 e. The van der Waals surface area contributed by atoms with E-state index in [9.17, 15) is 0 Å². The van der Waals surface area contributed by atoms with Crippen LogP contribution in [0.25, 0.3) is 0 Å². The maximum absolute atomic E-state index is 6.18.